The van der Waals surface area contributed by atoms with Gasteiger partial charge < -0.3 is 15.3 Å². The van der Waals surface area contributed by atoms with Gasteiger partial charge in [-0.1, -0.05) is 23.8 Å². The molecule has 5 nitrogen and oxygen atoms in total. The van der Waals surface area contributed by atoms with Crippen molar-refractivity contribution in [1.82, 2.24) is 4.98 Å². The third kappa shape index (κ3) is 1.75. The quantitative estimate of drug-likeness (QED) is 0.803. The number of rotatable bonds is 2. The van der Waals surface area contributed by atoms with Crippen molar-refractivity contribution in [1.29, 1.82) is 0 Å². The zero-order valence-corrected chi connectivity index (χ0v) is 8.60. The molecule has 0 aliphatic rings. The Balaban J connectivity index is 2.59. The molecule has 3 N–H and O–H groups in total. The molecule has 0 aliphatic heterocycles. The zero-order valence-electron chi connectivity index (χ0n) is 8.60. The van der Waals surface area contributed by atoms with Crippen LogP contribution in [0, 0.1) is 6.92 Å². The number of oxazole rings is 1. The van der Waals surface area contributed by atoms with Crippen LogP contribution in [0.5, 0.6) is 0 Å². The number of nitrogens with two attached hydrogens (primary N) is 1. The number of aryl methyl sites for hydroxylation is 1. The summed E-state index contributed by atoms with van der Waals surface area (Å²) in [5, 5.41) is 8.93. The lowest BCUT2D eigenvalue weighted by molar-refractivity contribution is 0.0691. The predicted molar refractivity (Wildman–Crippen MR) is 58.0 cm³/mol. The third-order valence-electron chi connectivity index (χ3n) is 2.13. The van der Waals surface area contributed by atoms with Crippen LogP contribution in [0.15, 0.2) is 28.7 Å². The van der Waals surface area contributed by atoms with Gasteiger partial charge in [-0.3, -0.25) is 0 Å². The number of hydrogen-bond donors (Lipinski definition) is 2. The Kier molecular flexibility index (Phi) is 2.36. The molecule has 0 aliphatic carbocycles. The van der Waals surface area contributed by atoms with Crippen molar-refractivity contribution in [2.24, 2.45) is 0 Å². The number of aromatic carboxylic acids is 1. The van der Waals surface area contributed by atoms with Crippen LogP contribution in [0.2, 0.25) is 0 Å². The Morgan fingerprint density at radius 3 is 2.88 bits per heavy atom. The van der Waals surface area contributed by atoms with Gasteiger partial charge in [0.25, 0.3) is 6.01 Å². The molecule has 0 saturated carbocycles. The SMILES string of the molecule is Cc1cccc(-c2oc(N)nc2C(=O)O)c1. The molecule has 0 amide bonds. The zero-order chi connectivity index (χ0) is 11.7. The van der Waals surface area contributed by atoms with Gasteiger partial charge in [-0.05, 0) is 13.0 Å². The summed E-state index contributed by atoms with van der Waals surface area (Å²) in [4.78, 5) is 14.5. The van der Waals surface area contributed by atoms with Crippen LogP contribution >= 0.6 is 0 Å². The highest BCUT2D eigenvalue weighted by Crippen LogP contribution is 2.26. The molecule has 0 unspecified atom stereocenters. The smallest absolute Gasteiger partial charge is 0.358 e. The second-order valence-corrected chi connectivity index (χ2v) is 3.40. The minimum atomic E-state index is -1.16. The van der Waals surface area contributed by atoms with E-state index in [0.29, 0.717) is 5.56 Å². The van der Waals surface area contributed by atoms with E-state index < -0.39 is 5.97 Å². The molecule has 0 atom stereocenters. The van der Waals surface area contributed by atoms with Crippen molar-refractivity contribution in [3.63, 3.8) is 0 Å². The van der Waals surface area contributed by atoms with E-state index in [1.54, 1.807) is 6.07 Å². The van der Waals surface area contributed by atoms with Crippen molar-refractivity contribution in [3.8, 4) is 11.3 Å². The van der Waals surface area contributed by atoms with E-state index in [-0.39, 0.29) is 17.5 Å². The maximum Gasteiger partial charge on any atom is 0.358 e. The van der Waals surface area contributed by atoms with Gasteiger partial charge in [0.05, 0.1) is 0 Å². The van der Waals surface area contributed by atoms with E-state index in [9.17, 15) is 4.79 Å². The fourth-order valence-electron chi connectivity index (χ4n) is 1.46. The summed E-state index contributed by atoms with van der Waals surface area (Å²) in [6.45, 7) is 1.91. The molecule has 1 aromatic heterocycles. The van der Waals surface area contributed by atoms with E-state index >= 15 is 0 Å². The van der Waals surface area contributed by atoms with Crippen LogP contribution in [0.25, 0.3) is 11.3 Å². The number of carboxylic acids is 1. The van der Waals surface area contributed by atoms with Gasteiger partial charge in [-0.2, -0.15) is 4.98 Å². The lowest BCUT2D eigenvalue weighted by Crippen LogP contribution is -1.99. The summed E-state index contributed by atoms with van der Waals surface area (Å²) >= 11 is 0. The van der Waals surface area contributed by atoms with Crippen molar-refractivity contribution in [2.75, 3.05) is 5.73 Å². The molecular formula is C11H10N2O3. The Bertz CT molecular complexity index is 546. The van der Waals surface area contributed by atoms with Gasteiger partial charge in [0.15, 0.2) is 11.5 Å². The summed E-state index contributed by atoms with van der Waals surface area (Å²) < 4.78 is 5.10. The van der Waals surface area contributed by atoms with Gasteiger partial charge in [-0.25, -0.2) is 4.79 Å². The number of aromatic nitrogens is 1. The highest BCUT2D eigenvalue weighted by Gasteiger charge is 2.19. The largest absolute Gasteiger partial charge is 0.476 e. The number of carboxylic acid groups (broad SMARTS) is 1. The van der Waals surface area contributed by atoms with Crippen LogP contribution in [0.1, 0.15) is 16.1 Å². The standard InChI is InChI=1S/C11H10N2O3/c1-6-3-2-4-7(5-6)9-8(10(14)15)13-11(12)16-9/h2-5H,1H3,(H2,12,13)(H,14,15). The highest BCUT2D eigenvalue weighted by atomic mass is 16.4. The number of hydrogen-bond acceptors (Lipinski definition) is 4. The summed E-state index contributed by atoms with van der Waals surface area (Å²) in [6, 6.07) is 7.14. The summed E-state index contributed by atoms with van der Waals surface area (Å²) in [7, 11) is 0. The van der Waals surface area contributed by atoms with Crippen LogP contribution in [0.3, 0.4) is 0 Å². The molecule has 2 aromatic rings. The number of nitrogen functional groups attached to an aromatic ring is 1. The monoisotopic (exact) mass is 218 g/mol. The fraction of sp³-hybridized carbons (Fsp3) is 0.0909. The van der Waals surface area contributed by atoms with Crippen LogP contribution < -0.4 is 5.73 Å². The molecule has 0 fully saturated rings. The van der Waals surface area contributed by atoms with Gasteiger partial charge >= 0.3 is 5.97 Å². The first-order valence-corrected chi connectivity index (χ1v) is 4.64. The van der Waals surface area contributed by atoms with E-state index in [0.717, 1.165) is 5.56 Å². The Hall–Kier alpha value is -2.30. The van der Waals surface area contributed by atoms with Crippen molar-refractivity contribution in [2.45, 2.75) is 6.92 Å². The van der Waals surface area contributed by atoms with E-state index in [2.05, 4.69) is 4.98 Å². The first kappa shape index (κ1) is 10.2. The Morgan fingerprint density at radius 1 is 1.50 bits per heavy atom. The molecule has 2 rings (SSSR count). The lowest BCUT2D eigenvalue weighted by Gasteiger charge is -1.98. The fourth-order valence-corrected chi connectivity index (χ4v) is 1.46. The summed E-state index contributed by atoms with van der Waals surface area (Å²) in [5.41, 5.74) is 6.85. The lowest BCUT2D eigenvalue weighted by atomic mass is 10.1. The summed E-state index contributed by atoms with van der Waals surface area (Å²) in [6.07, 6.45) is 0. The van der Waals surface area contributed by atoms with Crippen LogP contribution in [-0.2, 0) is 0 Å². The predicted octanol–water partition coefficient (Wildman–Crippen LogP) is 1.93. The molecule has 1 heterocycles. The van der Waals surface area contributed by atoms with E-state index in [1.165, 1.54) is 0 Å². The molecule has 0 spiro atoms. The normalized spacial score (nSPS) is 10.3. The second kappa shape index (κ2) is 3.69. The minimum Gasteiger partial charge on any atom is -0.476 e. The molecule has 1 aromatic carbocycles. The van der Waals surface area contributed by atoms with Crippen LogP contribution in [-0.4, -0.2) is 16.1 Å². The maximum atomic E-state index is 10.9. The average Bonchev–Trinajstić information content (AvgIpc) is 2.60. The first-order chi connectivity index (χ1) is 7.58. The van der Waals surface area contributed by atoms with Crippen LogP contribution in [0.4, 0.5) is 6.01 Å². The molecule has 16 heavy (non-hydrogen) atoms. The number of carbonyl (C=O) groups is 1. The first-order valence-electron chi connectivity index (χ1n) is 4.64. The topological polar surface area (TPSA) is 89.4 Å². The maximum absolute atomic E-state index is 10.9. The van der Waals surface area contributed by atoms with Crippen molar-refractivity contribution >= 4 is 12.0 Å². The summed E-state index contributed by atoms with van der Waals surface area (Å²) in [5.74, 6) is -0.967. The minimum absolute atomic E-state index is 0.145. The van der Waals surface area contributed by atoms with Gasteiger partial charge in [0.2, 0.25) is 0 Å². The second-order valence-electron chi connectivity index (χ2n) is 3.40. The number of benzene rings is 1. The molecular weight excluding hydrogens is 208 g/mol. The number of anilines is 1. The van der Waals surface area contributed by atoms with E-state index in [4.69, 9.17) is 15.3 Å². The number of nitrogens with zero attached hydrogens (tertiary/aromatic N) is 1. The van der Waals surface area contributed by atoms with Crippen molar-refractivity contribution in [3.05, 3.63) is 35.5 Å². The van der Waals surface area contributed by atoms with E-state index in [1.807, 2.05) is 25.1 Å². The third-order valence-corrected chi connectivity index (χ3v) is 2.13. The average molecular weight is 218 g/mol. The van der Waals surface area contributed by atoms with Gasteiger partial charge in [0, 0.05) is 5.56 Å². The van der Waals surface area contributed by atoms with Gasteiger partial charge in [-0.15, -0.1) is 0 Å². The molecule has 0 saturated heterocycles. The molecule has 82 valence electrons. The van der Waals surface area contributed by atoms with Crippen molar-refractivity contribution < 1.29 is 14.3 Å². The molecule has 0 radical (unpaired) electrons. The molecule has 5 heteroatoms. The molecule has 0 bridgehead atoms. The Labute approximate surface area is 91.5 Å². The highest BCUT2D eigenvalue weighted by molar-refractivity contribution is 5.92. The Morgan fingerprint density at radius 2 is 2.25 bits per heavy atom. The van der Waals surface area contributed by atoms with Gasteiger partial charge in [0.1, 0.15) is 0 Å².